The maximum Gasteiger partial charge on any atom is 0.255 e. The highest BCUT2D eigenvalue weighted by molar-refractivity contribution is 7.13. The quantitative estimate of drug-likeness (QED) is 0.637. The number of para-hydroxylation sites is 1. The molecule has 0 saturated carbocycles. The number of nitrogens with zero attached hydrogens (tertiary/aromatic N) is 1. The molecule has 0 atom stereocenters. The Bertz CT molecular complexity index is 910. The summed E-state index contributed by atoms with van der Waals surface area (Å²) in [7, 11) is 0. The van der Waals surface area contributed by atoms with E-state index in [1.54, 1.807) is 12.1 Å². The summed E-state index contributed by atoms with van der Waals surface area (Å²) in [6, 6.07) is 16.6. The summed E-state index contributed by atoms with van der Waals surface area (Å²) >= 11 is 1.47. The minimum Gasteiger partial charge on any atom is -0.475 e. The van der Waals surface area contributed by atoms with Crippen LogP contribution >= 0.6 is 11.3 Å². The normalized spacial score (nSPS) is 10.6. The lowest BCUT2D eigenvalue weighted by Crippen LogP contribution is -2.24. The Labute approximate surface area is 162 Å². The van der Waals surface area contributed by atoms with E-state index in [2.05, 4.69) is 10.3 Å². The van der Waals surface area contributed by atoms with E-state index in [-0.39, 0.29) is 17.8 Å². The molecule has 0 unspecified atom stereocenters. The molecular weight excluding hydrogens is 362 g/mol. The molecule has 0 bridgehead atoms. The van der Waals surface area contributed by atoms with Crippen molar-refractivity contribution in [3.8, 4) is 16.7 Å². The first-order chi connectivity index (χ1) is 13.0. The van der Waals surface area contributed by atoms with Gasteiger partial charge in [-0.15, -0.1) is 11.3 Å². The van der Waals surface area contributed by atoms with Gasteiger partial charge >= 0.3 is 0 Å². The zero-order valence-corrected chi connectivity index (χ0v) is 16.0. The maximum atomic E-state index is 12.4. The van der Waals surface area contributed by atoms with Crippen molar-refractivity contribution in [2.24, 2.45) is 0 Å². The van der Waals surface area contributed by atoms with Crippen LogP contribution in [0.1, 0.15) is 29.1 Å². The second-order valence-corrected chi connectivity index (χ2v) is 7.20. The second-order valence-electron chi connectivity index (χ2n) is 6.07. The average Bonchev–Trinajstić information content (AvgIpc) is 3.07. The van der Waals surface area contributed by atoms with E-state index in [1.165, 1.54) is 11.3 Å². The van der Waals surface area contributed by atoms with Gasteiger partial charge < -0.3 is 20.5 Å². The largest absolute Gasteiger partial charge is 0.475 e. The number of carbonyl (C=O) groups is 1. The number of thiophene rings is 1. The van der Waals surface area contributed by atoms with Crippen molar-refractivity contribution in [2.45, 2.75) is 26.5 Å². The number of pyridine rings is 1. The standard InChI is InChI=1S/C20H21N3O3S/c1-13(2)25-17-10-9-16(19(21)23-17)20(24)22-12-15-8-11-18(27-15)26-14-6-4-3-5-7-14/h3-11,13H,12H2,1-2H3,(H2,21,23)(H,22,24). The number of nitrogen functional groups attached to an aromatic ring is 1. The van der Waals surface area contributed by atoms with E-state index < -0.39 is 0 Å². The highest BCUT2D eigenvalue weighted by Crippen LogP contribution is 2.29. The fourth-order valence-corrected chi connectivity index (χ4v) is 3.14. The summed E-state index contributed by atoms with van der Waals surface area (Å²) in [5.74, 6) is 1.04. The molecule has 0 aliphatic heterocycles. The lowest BCUT2D eigenvalue weighted by molar-refractivity contribution is 0.0952. The lowest BCUT2D eigenvalue weighted by Gasteiger charge is -2.11. The number of hydrogen-bond donors (Lipinski definition) is 2. The number of nitrogens with one attached hydrogen (secondary N) is 1. The first kappa shape index (κ1) is 18.7. The van der Waals surface area contributed by atoms with Crippen LogP contribution in [0.25, 0.3) is 0 Å². The Morgan fingerprint density at radius 1 is 1.15 bits per heavy atom. The summed E-state index contributed by atoms with van der Waals surface area (Å²) in [6.45, 7) is 4.18. The summed E-state index contributed by atoms with van der Waals surface area (Å²) in [5, 5.41) is 3.61. The van der Waals surface area contributed by atoms with Gasteiger partial charge in [0, 0.05) is 10.9 Å². The number of amides is 1. The Kier molecular flexibility index (Phi) is 5.93. The molecule has 0 saturated heterocycles. The van der Waals surface area contributed by atoms with Gasteiger partial charge in [-0.05, 0) is 44.2 Å². The monoisotopic (exact) mass is 383 g/mol. The summed E-state index contributed by atoms with van der Waals surface area (Å²) < 4.78 is 11.3. The van der Waals surface area contributed by atoms with Crippen molar-refractivity contribution in [3.63, 3.8) is 0 Å². The smallest absolute Gasteiger partial charge is 0.255 e. The number of benzene rings is 1. The molecule has 0 aliphatic carbocycles. The summed E-state index contributed by atoms with van der Waals surface area (Å²) in [4.78, 5) is 17.5. The molecule has 2 aromatic heterocycles. The van der Waals surface area contributed by atoms with Crippen molar-refractivity contribution < 1.29 is 14.3 Å². The molecule has 27 heavy (non-hydrogen) atoms. The van der Waals surface area contributed by atoms with Crippen LogP contribution in [0.4, 0.5) is 5.82 Å². The molecule has 1 amide bonds. The van der Waals surface area contributed by atoms with E-state index in [1.807, 2.05) is 56.3 Å². The van der Waals surface area contributed by atoms with Gasteiger partial charge in [0.1, 0.15) is 11.6 Å². The first-order valence-corrected chi connectivity index (χ1v) is 9.36. The molecule has 140 valence electrons. The minimum absolute atomic E-state index is 0.0114. The van der Waals surface area contributed by atoms with Gasteiger partial charge in [-0.25, -0.2) is 0 Å². The topological polar surface area (TPSA) is 86.5 Å². The zero-order valence-electron chi connectivity index (χ0n) is 15.1. The third kappa shape index (κ3) is 5.21. The highest BCUT2D eigenvalue weighted by Gasteiger charge is 2.13. The molecule has 0 fully saturated rings. The Morgan fingerprint density at radius 3 is 2.63 bits per heavy atom. The first-order valence-electron chi connectivity index (χ1n) is 8.54. The molecule has 0 radical (unpaired) electrons. The molecule has 1 aromatic carbocycles. The second kappa shape index (κ2) is 8.55. The van der Waals surface area contributed by atoms with Crippen LogP contribution in [0.5, 0.6) is 16.7 Å². The van der Waals surface area contributed by atoms with Crippen LogP contribution in [-0.4, -0.2) is 17.0 Å². The molecule has 7 heteroatoms. The fourth-order valence-electron chi connectivity index (χ4n) is 2.33. The number of ether oxygens (including phenoxy) is 2. The Morgan fingerprint density at radius 2 is 1.93 bits per heavy atom. The fraction of sp³-hybridized carbons (Fsp3) is 0.200. The van der Waals surface area contributed by atoms with Crippen LogP contribution in [-0.2, 0) is 6.54 Å². The van der Waals surface area contributed by atoms with Crippen LogP contribution in [0, 0.1) is 0 Å². The van der Waals surface area contributed by atoms with E-state index >= 15 is 0 Å². The number of aromatic nitrogens is 1. The molecule has 2 heterocycles. The number of anilines is 1. The van der Waals surface area contributed by atoms with E-state index in [0.717, 1.165) is 15.7 Å². The molecule has 6 nitrogen and oxygen atoms in total. The van der Waals surface area contributed by atoms with Gasteiger partial charge in [-0.2, -0.15) is 4.98 Å². The van der Waals surface area contributed by atoms with Gasteiger partial charge in [-0.3, -0.25) is 4.79 Å². The van der Waals surface area contributed by atoms with Gasteiger partial charge in [0.05, 0.1) is 18.2 Å². The highest BCUT2D eigenvalue weighted by atomic mass is 32.1. The van der Waals surface area contributed by atoms with Crippen LogP contribution < -0.4 is 20.5 Å². The third-order valence-corrected chi connectivity index (χ3v) is 4.49. The van der Waals surface area contributed by atoms with Crippen molar-refractivity contribution in [2.75, 3.05) is 5.73 Å². The molecule has 0 aliphatic rings. The Hall–Kier alpha value is -3.06. The Balaban J connectivity index is 1.58. The van der Waals surface area contributed by atoms with Crippen LogP contribution in [0.15, 0.2) is 54.6 Å². The predicted molar refractivity (Wildman–Crippen MR) is 106 cm³/mol. The zero-order chi connectivity index (χ0) is 19.2. The number of hydrogen-bond acceptors (Lipinski definition) is 6. The lowest BCUT2D eigenvalue weighted by atomic mass is 10.2. The number of rotatable bonds is 7. The number of carbonyl (C=O) groups excluding carboxylic acids is 1. The SMILES string of the molecule is CC(C)Oc1ccc(C(=O)NCc2ccc(Oc3ccccc3)s2)c(N)n1. The van der Waals surface area contributed by atoms with Crippen molar-refractivity contribution in [3.05, 3.63) is 65.0 Å². The number of nitrogens with two attached hydrogens (primary N) is 1. The molecule has 3 N–H and O–H groups in total. The van der Waals surface area contributed by atoms with Crippen molar-refractivity contribution in [1.29, 1.82) is 0 Å². The van der Waals surface area contributed by atoms with Gasteiger partial charge in [0.15, 0.2) is 5.06 Å². The maximum absolute atomic E-state index is 12.4. The molecular formula is C20H21N3O3S. The van der Waals surface area contributed by atoms with Crippen molar-refractivity contribution >= 4 is 23.1 Å². The van der Waals surface area contributed by atoms with Gasteiger partial charge in [0.25, 0.3) is 5.91 Å². The average molecular weight is 383 g/mol. The molecule has 3 aromatic rings. The van der Waals surface area contributed by atoms with E-state index in [4.69, 9.17) is 15.2 Å². The van der Waals surface area contributed by atoms with E-state index in [9.17, 15) is 4.79 Å². The van der Waals surface area contributed by atoms with E-state index in [0.29, 0.717) is 18.0 Å². The summed E-state index contributed by atoms with van der Waals surface area (Å²) in [5.41, 5.74) is 6.21. The predicted octanol–water partition coefficient (Wildman–Crippen LogP) is 4.23. The van der Waals surface area contributed by atoms with Crippen LogP contribution in [0.2, 0.25) is 0 Å². The molecule has 0 spiro atoms. The summed E-state index contributed by atoms with van der Waals surface area (Å²) in [6.07, 6.45) is -0.0114. The minimum atomic E-state index is -0.282. The van der Waals surface area contributed by atoms with Crippen LogP contribution in [0.3, 0.4) is 0 Å². The van der Waals surface area contributed by atoms with Gasteiger partial charge in [0.2, 0.25) is 5.88 Å². The van der Waals surface area contributed by atoms with Crippen molar-refractivity contribution in [1.82, 2.24) is 10.3 Å². The third-order valence-electron chi connectivity index (χ3n) is 3.52. The molecule has 3 rings (SSSR count). The van der Waals surface area contributed by atoms with Gasteiger partial charge in [-0.1, -0.05) is 18.2 Å².